The maximum Gasteiger partial charge on any atom is 0.460 e. The normalized spacial score (nSPS) is 15.7. The van der Waals surface area contributed by atoms with E-state index in [1.807, 2.05) is 0 Å². The van der Waals surface area contributed by atoms with Crippen molar-refractivity contribution < 1.29 is 74.6 Å². The first-order valence-corrected chi connectivity index (χ1v) is 7.53. The lowest BCUT2D eigenvalue weighted by Gasteiger charge is -2.43. The van der Waals surface area contributed by atoms with E-state index < -0.39 is 64.6 Å². The minimum absolute atomic E-state index is 0.169. The van der Waals surface area contributed by atoms with Crippen molar-refractivity contribution in [3.05, 3.63) is 23.8 Å². The van der Waals surface area contributed by atoms with E-state index >= 15 is 0 Å². The van der Waals surface area contributed by atoms with Gasteiger partial charge in [-0.2, -0.15) is 74.6 Å². The third-order valence-corrected chi connectivity index (χ3v) is 4.14. The molecule has 0 aliphatic rings. The van der Waals surface area contributed by atoms with Crippen LogP contribution in [0, 0.1) is 0 Å². The van der Waals surface area contributed by atoms with E-state index in [1.165, 1.54) is 0 Å². The molecule has 0 saturated carbocycles. The van der Waals surface area contributed by atoms with Crippen molar-refractivity contribution in [1.29, 1.82) is 0 Å². The smallest absolute Gasteiger partial charge is 0.399 e. The van der Waals surface area contributed by atoms with Gasteiger partial charge in [-0.05, 0) is 18.2 Å². The molecule has 0 aliphatic heterocycles. The molecule has 33 heavy (non-hydrogen) atoms. The first kappa shape index (κ1) is 28.7. The van der Waals surface area contributed by atoms with E-state index in [0.29, 0.717) is 0 Å². The van der Waals surface area contributed by atoms with Crippen molar-refractivity contribution in [2.75, 3.05) is 11.5 Å². The molecule has 0 saturated heterocycles. The molecule has 2 nitrogen and oxygen atoms in total. The molecule has 0 aromatic heterocycles. The number of anilines is 2. The highest BCUT2D eigenvalue weighted by molar-refractivity contribution is 5.58. The topological polar surface area (TPSA) is 52.0 Å². The fourth-order valence-electron chi connectivity index (χ4n) is 2.20. The number of hydrogen-bond acceptors (Lipinski definition) is 2. The van der Waals surface area contributed by atoms with Crippen LogP contribution in [-0.4, -0.2) is 41.7 Å². The first-order chi connectivity index (χ1) is 14.2. The number of alkyl halides is 17. The molecule has 0 heterocycles. The second-order valence-electron chi connectivity index (χ2n) is 6.37. The van der Waals surface area contributed by atoms with Gasteiger partial charge in [0.1, 0.15) is 0 Å². The molecule has 4 N–H and O–H groups in total. The molecule has 0 spiro atoms. The summed E-state index contributed by atoms with van der Waals surface area (Å²) in [5.74, 6) is -57.0. The quantitative estimate of drug-likeness (QED) is 0.323. The van der Waals surface area contributed by atoms with Gasteiger partial charge in [-0.25, -0.2) is 0 Å². The zero-order valence-electron chi connectivity index (χ0n) is 14.8. The Morgan fingerprint density at radius 2 is 0.788 bits per heavy atom. The Balaban J connectivity index is 3.76. The molecule has 0 atom stereocenters. The van der Waals surface area contributed by atoms with E-state index in [2.05, 4.69) is 0 Å². The van der Waals surface area contributed by atoms with E-state index in [9.17, 15) is 74.6 Å². The Labute approximate surface area is 170 Å². The van der Waals surface area contributed by atoms with E-state index in [0.717, 1.165) is 0 Å². The van der Waals surface area contributed by atoms with Crippen LogP contribution in [0.5, 0.6) is 0 Å². The van der Waals surface area contributed by atoms with Gasteiger partial charge in [-0.1, -0.05) is 0 Å². The number of benzene rings is 1. The van der Waals surface area contributed by atoms with Crippen LogP contribution in [-0.2, 0) is 5.92 Å². The maximum absolute atomic E-state index is 14.0. The summed E-state index contributed by atoms with van der Waals surface area (Å²) in [4.78, 5) is 0. The predicted molar refractivity (Wildman–Crippen MR) is 74.9 cm³/mol. The second kappa shape index (κ2) is 7.31. The Morgan fingerprint density at radius 1 is 0.455 bits per heavy atom. The van der Waals surface area contributed by atoms with Crippen molar-refractivity contribution in [2.24, 2.45) is 0 Å². The fraction of sp³-hybridized carbons (Fsp3) is 0.571. The summed E-state index contributed by atoms with van der Waals surface area (Å²) in [5.41, 5.74) is 5.08. The monoisotopic (exact) mass is 526 g/mol. The molecule has 19 heteroatoms. The average molecular weight is 526 g/mol. The minimum Gasteiger partial charge on any atom is -0.399 e. The predicted octanol–water partition coefficient (Wildman–Crippen LogP) is 6.32. The molecule has 0 bridgehead atoms. The van der Waals surface area contributed by atoms with Crippen LogP contribution in [0.2, 0.25) is 0 Å². The third-order valence-electron chi connectivity index (χ3n) is 4.14. The summed E-state index contributed by atoms with van der Waals surface area (Å²) in [7, 11) is 0. The zero-order chi connectivity index (χ0) is 26.9. The average Bonchev–Trinajstić information content (AvgIpc) is 2.59. The SMILES string of the molecule is Nc1ccc(C(F)(F)C(F)(F)C(F)(F)C(F)(F)C(F)(F)C(F)(F)C(F)(F)C(F)(F)F)c(N)c1. The second-order valence-corrected chi connectivity index (χ2v) is 6.37. The molecule has 192 valence electrons. The van der Waals surface area contributed by atoms with Gasteiger partial charge in [0.2, 0.25) is 0 Å². The lowest BCUT2D eigenvalue weighted by molar-refractivity contribution is -0.462. The zero-order valence-corrected chi connectivity index (χ0v) is 14.8. The molecular formula is C14H7F17N2. The van der Waals surface area contributed by atoms with Crippen LogP contribution < -0.4 is 11.5 Å². The summed E-state index contributed by atoms with van der Waals surface area (Å²) in [6.07, 6.45) is -7.80. The van der Waals surface area contributed by atoms with Gasteiger partial charge in [0.15, 0.2) is 0 Å². The fourth-order valence-corrected chi connectivity index (χ4v) is 2.20. The van der Waals surface area contributed by atoms with Crippen LogP contribution in [0.15, 0.2) is 18.2 Å². The molecule has 0 amide bonds. The van der Waals surface area contributed by atoms with E-state index in [1.54, 1.807) is 0 Å². The van der Waals surface area contributed by atoms with Gasteiger partial charge in [0.05, 0.1) is 5.56 Å². The first-order valence-electron chi connectivity index (χ1n) is 7.53. The largest absolute Gasteiger partial charge is 0.460 e. The highest BCUT2D eigenvalue weighted by atomic mass is 19.4. The molecule has 0 aliphatic carbocycles. The number of halogens is 17. The number of rotatable bonds is 7. The van der Waals surface area contributed by atoms with Crippen LogP contribution in [0.1, 0.15) is 5.56 Å². The summed E-state index contributed by atoms with van der Waals surface area (Å²) in [6.45, 7) is 0. The molecular weight excluding hydrogens is 519 g/mol. The molecule has 0 radical (unpaired) electrons. The van der Waals surface area contributed by atoms with Gasteiger partial charge in [-0.15, -0.1) is 0 Å². The van der Waals surface area contributed by atoms with Gasteiger partial charge >= 0.3 is 47.6 Å². The maximum atomic E-state index is 14.0. The standard InChI is InChI=1S/C14H7F17N2/c15-7(16,5-2-1-4(32)3-6(5)33)8(17,18)9(19,20)10(21,22)11(23,24)12(25,26)13(27,28)14(29,30)31/h1-3H,32-33H2. The van der Waals surface area contributed by atoms with Crippen molar-refractivity contribution in [2.45, 2.75) is 47.6 Å². The Hall–Kier alpha value is -2.37. The van der Waals surface area contributed by atoms with Gasteiger partial charge in [0, 0.05) is 11.4 Å². The molecule has 0 fully saturated rings. The van der Waals surface area contributed by atoms with Crippen LogP contribution in [0.4, 0.5) is 86.0 Å². The van der Waals surface area contributed by atoms with Crippen molar-refractivity contribution >= 4 is 11.4 Å². The Morgan fingerprint density at radius 3 is 1.12 bits per heavy atom. The summed E-state index contributed by atoms with van der Waals surface area (Å²) >= 11 is 0. The van der Waals surface area contributed by atoms with Crippen LogP contribution in [0.3, 0.4) is 0 Å². The molecule has 1 rings (SSSR count). The van der Waals surface area contributed by atoms with Gasteiger partial charge < -0.3 is 11.5 Å². The number of nitrogens with two attached hydrogens (primary N) is 2. The Kier molecular flexibility index (Phi) is 6.35. The highest BCUT2D eigenvalue weighted by Crippen LogP contribution is 2.65. The Bertz CT molecular complexity index is 886. The third kappa shape index (κ3) is 3.57. The summed E-state index contributed by atoms with van der Waals surface area (Å²) in [6, 6.07) is 0.137. The molecule has 1 aromatic rings. The number of nitrogen functional groups attached to an aromatic ring is 2. The highest BCUT2D eigenvalue weighted by Gasteiger charge is 2.95. The van der Waals surface area contributed by atoms with Crippen LogP contribution in [0.25, 0.3) is 0 Å². The van der Waals surface area contributed by atoms with E-state index in [-0.39, 0.29) is 18.2 Å². The van der Waals surface area contributed by atoms with Crippen molar-refractivity contribution in [3.63, 3.8) is 0 Å². The van der Waals surface area contributed by atoms with Crippen LogP contribution >= 0.6 is 0 Å². The van der Waals surface area contributed by atoms with Crippen molar-refractivity contribution in [1.82, 2.24) is 0 Å². The van der Waals surface area contributed by atoms with Gasteiger partial charge in [0.25, 0.3) is 0 Å². The molecule has 1 aromatic carbocycles. The van der Waals surface area contributed by atoms with Crippen molar-refractivity contribution in [3.8, 4) is 0 Å². The lowest BCUT2D eigenvalue weighted by atomic mass is 9.87. The van der Waals surface area contributed by atoms with E-state index in [4.69, 9.17) is 11.5 Å². The number of hydrogen-bond donors (Lipinski definition) is 2. The summed E-state index contributed by atoms with van der Waals surface area (Å²) < 4.78 is 225. The molecule has 0 unspecified atom stereocenters. The summed E-state index contributed by atoms with van der Waals surface area (Å²) in [5, 5.41) is 0. The minimum atomic E-state index is -8.67. The van der Waals surface area contributed by atoms with Gasteiger partial charge in [-0.3, -0.25) is 0 Å². The lowest BCUT2D eigenvalue weighted by Crippen LogP contribution is -2.74.